The van der Waals surface area contributed by atoms with Gasteiger partial charge in [-0.3, -0.25) is 10.1 Å². The SMILES string of the molecule is O=[N+]([O-])c1ccc2nc(N[C@@H](CCO)c3cccs3)sc2c1. The molecule has 0 fully saturated rings. The maximum Gasteiger partial charge on any atom is 0.270 e. The largest absolute Gasteiger partial charge is 0.396 e. The summed E-state index contributed by atoms with van der Waals surface area (Å²) in [5, 5.41) is 26.0. The molecular formula is C14H13N3O3S2. The molecule has 0 unspecified atom stereocenters. The number of nitro benzene ring substituents is 1. The predicted octanol–water partition coefficient (Wildman–Crippen LogP) is 3.80. The molecule has 1 aromatic carbocycles. The van der Waals surface area contributed by atoms with Crippen LogP contribution in [0.25, 0.3) is 10.2 Å². The lowest BCUT2D eigenvalue weighted by Gasteiger charge is -2.15. The minimum Gasteiger partial charge on any atom is -0.396 e. The summed E-state index contributed by atoms with van der Waals surface area (Å²) in [5.41, 5.74) is 0.792. The van der Waals surface area contributed by atoms with E-state index in [9.17, 15) is 15.2 Å². The Morgan fingerprint density at radius 1 is 1.41 bits per heavy atom. The number of anilines is 1. The number of aliphatic hydroxyl groups is 1. The molecule has 0 aliphatic rings. The molecule has 0 aliphatic heterocycles. The van der Waals surface area contributed by atoms with Gasteiger partial charge in [-0.1, -0.05) is 17.4 Å². The van der Waals surface area contributed by atoms with Crippen molar-refractivity contribution in [1.82, 2.24) is 4.98 Å². The first-order chi connectivity index (χ1) is 10.7. The van der Waals surface area contributed by atoms with Crippen molar-refractivity contribution >= 4 is 43.7 Å². The van der Waals surface area contributed by atoms with E-state index in [0.717, 1.165) is 15.1 Å². The van der Waals surface area contributed by atoms with Crippen molar-refractivity contribution in [3.8, 4) is 0 Å². The van der Waals surface area contributed by atoms with Gasteiger partial charge in [-0.15, -0.1) is 11.3 Å². The second kappa shape index (κ2) is 6.39. The van der Waals surface area contributed by atoms with Crippen molar-refractivity contribution in [2.45, 2.75) is 12.5 Å². The third-order valence-corrected chi connectivity index (χ3v) is 5.12. The van der Waals surface area contributed by atoms with Crippen molar-refractivity contribution in [3.05, 3.63) is 50.7 Å². The number of aromatic nitrogens is 1. The standard InChI is InChI=1S/C14H13N3O3S2/c18-6-5-11(12-2-1-7-21-12)16-14-15-10-4-3-9(17(19)20)8-13(10)22-14/h1-4,7-8,11,18H,5-6H2,(H,15,16)/t11-/m0/s1. The Balaban J connectivity index is 1.87. The third kappa shape index (κ3) is 3.08. The van der Waals surface area contributed by atoms with Crippen LogP contribution in [0.3, 0.4) is 0 Å². The highest BCUT2D eigenvalue weighted by Gasteiger charge is 2.15. The molecule has 0 spiro atoms. The highest BCUT2D eigenvalue weighted by molar-refractivity contribution is 7.22. The van der Waals surface area contributed by atoms with Gasteiger partial charge in [-0.25, -0.2) is 4.98 Å². The number of hydrogen-bond donors (Lipinski definition) is 2. The fraction of sp³-hybridized carbons (Fsp3) is 0.214. The molecule has 6 nitrogen and oxygen atoms in total. The number of rotatable bonds is 6. The molecule has 2 N–H and O–H groups in total. The highest BCUT2D eigenvalue weighted by Crippen LogP contribution is 2.33. The molecule has 0 aliphatic carbocycles. The molecule has 3 rings (SSSR count). The molecular weight excluding hydrogens is 322 g/mol. The molecule has 3 aromatic rings. The summed E-state index contributed by atoms with van der Waals surface area (Å²) in [5.74, 6) is 0. The highest BCUT2D eigenvalue weighted by atomic mass is 32.1. The maximum absolute atomic E-state index is 10.8. The number of benzene rings is 1. The summed E-state index contributed by atoms with van der Waals surface area (Å²) in [7, 11) is 0. The number of non-ortho nitro benzene ring substituents is 1. The number of nitrogens with one attached hydrogen (secondary N) is 1. The van der Waals surface area contributed by atoms with Crippen molar-refractivity contribution in [3.63, 3.8) is 0 Å². The quantitative estimate of drug-likeness (QED) is 0.528. The number of thiophene rings is 1. The van der Waals surface area contributed by atoms with Crippen molar-refractivity contribution < 1.29 is 10.0 Å². The Morgan fingerprint density at radius 2 is 2.27 bits per heavy atom. The van der Waals surface area contributed by atoms with Crippen LogP contribution in [0.15, 0.2) is 35.7 Å². The molecule has 0 bridgehead atoms. The van der Waals surface area contributed by atoms with Crippen molar-refractivity contribution in [2.24, 2.45) is 0 Å². The summed E-state index contributed by atoms with van der Waals surface area (Å²) in [4.78, 5) is 16.0. The zero-order chi connectivity index (χ0) is 15.5. The molecule has 0 amide bonds. The summed E-state index contributed by atoms with van der Waals surface area (Å²) >= 11 is 2.99. The average Bonchev–Trinajstić information content (AvgIpc) is 3.15. The summed E-state index contributed by atoms with van der Waals surface area (Å²) in [6.07, 6.45) is 0.580. The Morgan fingerprint density at radius 3 is 2.95 bits per heavy atom. The summed E-state index contributed by atoms with van der Waals surface area (Å²) in [6.45, 7) is 0.0753. The number of thiazole rings is 1. The van der Waals surface area contributed by atoms with Crippen LogP contribution >= 0.6 is 22.7 Å². The lowest BCUT2D eigenvalue weighted by Crippen LogP contribution is -2.10. The smallest absolute Gasteiger partial charge is 0.270 e. The second-order valence-electron chi connectivity index (χ2n) is 4.65. The van der Waals surface area contributed by atoms with Crippen LogP contribution in [0, 0.1) is 10.1 Å². The Hall–Kier alpha value is -2.03. The van der Waals surface area contributed by atoms with E-state index in [2.05, 4.69) is 10.3 Å². The first-order valence-electron chi connectivity index (χ1n) is 6.63. The third-order valence-electron chi connectivity index (χ3n) is 3.18. The maximum atomic E-state index is 10.8. The van der Waals surface area contributed by atoms with Gasteiger partial charge in [0.1, 0.15) is 0 Å². The summed E-state index contributed by atoms with van der Waals surface area (Å²) in [6, 6.07) is 8.60. The van der Waals surface area contributed by atoms with Crippen LogP contribution in [0.2, 0.25) is 0 Å². The molecule has 2 aromatic heterocycles. The van der Waals surface area contributed by atoms with Gasteiger partial charge in [0, 0.05) is 23.6 Å². The van der Waals surface area contributed by atoms with Gasteiger partial charge in [-0.05, 0) is 23.9 Å². The average molecular weight is 335 g/mol. The van der Waals surface area contributed by atoms with Gasteiger partial charge >= 0.3 is 0 Å². The fourth-order valence-corrected chi connectivity index (χ4v) is 3.91. The number of hydrogen-bond acceptors (Lipinski definition) is 7. The van der Waals surface area contributed by atoms with E-state index < -0.39 is 4.92 Å². The number of aliphatic hydroxyl groups excluding tert-OH is 1. The lowest BCUT2D eigenvalue weighted by atomic mass is 10.2. The van der Waals surface area contributed by atoms with Gasteiger partial charge in [-0.2, -0.15) is 0 Å². The van der Waals surface area contributed by atoms with Crippen LogP contribution in [0.4, 0.5) is 10.8 Å². The lowest BCUT2D eigenvalue weighted by molar-refractivity contribution is -0.384. The first-order valence-corrected chi connectivity index (χ1v) is 8.33. The van der Waals surface area contributed by atoms with Gasteiger partial charge in [0.05, 0.1) is 21.2 Å². The zero-order valence-electron chi connectivity index (χ0n) is 11.4. The van der Waals surface area contributed by atoms with E-state index in [1.165, 1.54) is 23.5 Å². The molecule has 2 heterocycles. The fourth-order valence-electron chi connectivity index (χ4n) is 2.14. The van der Waals surface area contributed by atoms with Crippen molar-refractivity contribution in [2.75, 3.05) is 11.9 Å². The predicted molar refractivity (Wildman–Crippen MR) is 88.7 cm³/mol. The van der Waals surface area contributed by atoms with E-state index in [-0.39, 0.29) is 18.3 Å². The molecule has 1 atom stereocenters. The van der Waals surface area contributed by atoms with E-state index in [4.69, 9.17) is 0 Å². The van der Waals surface area contributed by atoms with Crippen LogP contribution in [0.1, 0.15) is 17.3 Å². The van der Waals surface area contributed by atoms with Gasteiger partial charge < -0.3 is 10.4 Å². The topological polar surface area (TPSA) is 88.3 Å². The Labute approximate surface area is 134 Å². The minimum absolute atomic E-state index is 0.0134. The van der Waals surface area contributed by atoms with Crippen LogP contribution in [0.5, 0.6) is 0 Å². The molecule has 0 saturated carbocycles. The van der Waals surface area contributed by atoms with Crippen LogP contribution < -0.4 is 5.32 Å². The minimum atomic E-state index is -0.410. The van der Waals surface area contributed by atoms with Gasteiger partial charge in [0.25, 0.3) is 5.69 Å². The second-order valence-corrected chi connectivity index (χ2v) is 6.66. The molecule has 114 valence electrons. The molecule has 0 radical (unpaired) electrons. The molecule has 22 heavy (non-hydrogen) atoms. The van der Waals surface area contributed by atoms with E-state index >= 15 is 0 Å². The number of nitrogens with zero attached hydrogens (tertiary/aromatic N) is 2. The number of fused-ring (bicyclic) bond motifs is 1. The van der Waals surface area contributed by atoms with E-state index in [0.29, 0.717) is 11.6 Å². The Bertz CT molecular complexity index is 786. The van der Waals surface area contributed by atoms with E-state index in [1.54, 1.807) is 17.4 Å². The molecule has 0 saturated heterocycles. The summed E-state index contributed by atoms with van der Waals surface area (Å²) < 4.78 is 0.769. The monoisotopic (exact) mass is 335 g/mol. The van der Waals surface area contributed by atoms with Gasteiger partial charge in [0.2, 0.25) is 0 Å². The normalized spacial score (nSPS) is 12.4. The van der Waals surface area contributed by atoms with Crippen molar-refractivity contribution in [1.29, 1.82) is 0 Å². The Kier molecular flexibility index (Phi) is 4.32. The van der Waals surface area contributed by atoms with Crippen LogP contribution in [-0.2, 0) is 0 Å². The van der Waals surface area contributed by atoms with Gasteiger partial charge in [0.15, 0.2) is 5.13 Å². The van der Waals surface area contributed by atoms with Crippen LogP contribution in [-0.4, -0.2) is 21.6 Å². The molecule has 8 heteroatoms. The number of nitro groups is 1. The van der Waals surface area contributed by atoms with E-state index in [1.807, 2.05) is 17.5 Å². The first kappa shape index (κ1) is 14.9. The zero-order valence-corrected chi connectivity index (χ0v) is 13.1.